The number of carbonyl (C=O) groups excluding carboxylic acids is 4. The highest BCUT2D eigenvalue weighted by atomic mass is 32.2. The van der Waals surface area contributed by atoms with Gasteiger partial charge in [0, 0.05) is 66.0 Å². The van der Waals surface area contributed by atoms with Crippen molar-refractivity contribution in [3.05, 3.63) is 64.7 Å². The van der Waals surface area contributed by atoms with Gasteiger partial charge in [-0.05, 0) is 77.9 Å². The number of imide groups is 2. The van der Waals surface area contributed by atoms with Crippen LogP contribution in [0.1, 0.15) is 218 Å². The van der Waals surface area contributed by atoms with Gasteiger partial charge in [0.1, 0.15) is 0 Å². The number of amides is 4. The van der Waals surface area contributed by atoms with Gasteiger partial charge in [0.25, 0.3) is 23.6 Å². The lowest BCUT2D eigenvalue weighted by Gasteiger charge is -2.36. The zero-order chi connectivity index (χ0) is 43.2. The van der Waals surface area contributed by atoms with Crippen LogP contribution in [0.25, 0.3) is 43.1 Å². The van der Waals surface area contributed by atoms with Crippen LogP contribution in [0.2, 0.25) is 0 Å². The van der Waals surface area contributed by atoms with E-state index in [9.17, 15) is 14.4 Å². The summed E-state index contributed by atoms with van der Waals surface area (Å²) in [6.45, 7) is 13.3. The Balaban J connectivity index is 1.38. The molecule has 2 aliphatic heterocycles. The number of hydrogen-bond acceptors (Lipinski definition) is 5. The lowest BCUT2D eigenvalue weighted by atomic mass is 9.81. The molecule has 0 radical (unpaired) electrons. The Bertz CT molecular complexity index is 2340. The second-order valence-corrected chi connectivity index (χ2v) is 19.8. The summed E-state index contributed by atoms with van der Waals surface area (Å²) in [6.07, 6.45) is 21.9. The zero-order valence-corrected chi connectivity index (χ0v) is 38.9. The molecule has 1 atom stereocenters. The molecule has 0 fully saturated rings. The Kier molecular flexibility index (Phi) is 15.1. The first-order valence-electron chi connectivity index (χ1n) is 24.4. The van der Waals surface area contributed by atoms with Crippen LogP contribution < -0.4 is 0 Å². The van der Waals surface area contributed by atoms with Crippen molar-refractivity contribution in [3.63, 3.8) is 0 Å². The molecule has 5 aromatic rings. The van der Waals surface area contributed by atoms with Crippen LogP contribution in [0.4, 0.5) is 0 Å². The highest BCUT2D eigenvalue weighted by Gasteiger charge is 2.41. The Hall–Kier alpha value is -3.97. The molecular formula is C54H70N2O4S. The van der Waals surface area contributed by atoms with Crippen LogP contribution in [0, 0.1) is 0 Å². The summed E-state index contributed by atoms with van der Waals surface area (Å²) in [5.74, 6) is -0.718. The smallest absolute Gasteiger partial charge is 0.261 e. The van der Waals surface area contributed by atoms with Gasteiger partial charge in [-0.25, -0.2) is 0 Å². The van der Waals surface area contributed by atoms with E-state index in [1.54, 1.807) is 21.6 Å². The topological polar surface area (TPSA) is 74.8 Å². The van der Waals surface area contributed by atoms with Gasteiger partial charge in [0.15, 0.2) is 0 Å². The molecule has 6 nitrogen and oxygen atoms in total. The fraction of sp³-hybridized carbons (Fsp3) is 0.556. The van der Waals surface area contributed by atoms with E-state index in [2.05, 4.69) is 65.8 Å². The van der Waals surface area contributed by atoms with Crippen molar-refractivity contribution in [1.82, 2.24) is 9.80 Å². The number of thioether (sulfide) groups is 1. The number of unbranched alkanes of at least 4 members (excludes halogenated alkanes) is 12. The second kappa shape index (κ2) is 20.5. The predicted octanol–water partition coefficient (Wildman–Crippen LogP) is 15.4. The van der Waals surface area contributed by atoms with E-state index in [1.807, 2.05) is 18.2 Å². The van der Waals surface area contributed by atoms with Gasteiger partial charge in [0.05, 0.1) is 0 Å². The molecule has 0 saturated heterocycles. The van der Waals surface area contributed by atoms with E-state index in [0.29, 0.717) is 22.3 Å². The first-order chi connectivity index (χ1) is 29.7. The van der Waals surface area contributed by atoms with Crippen LogP contribution in [-0.2, 0) is 0 Å². The Labute approximate surface area is 369 Å². The van der Waals surface area contributed by atoms with Crippen LogP contribution in [0.3, 0.4) is 0 Å². The molecule has 0 bridgehead atoms. The molecule has 326 valence electrons. The van der Waals surface area contributed by atoms with E-state index in [0.717, 1.165) is 183 Å². The van der Waals surface area contributed by atoms with Gasteiger partial charge in [-0.1, -0.05) is 162 Å². The summed E-state index contributed by atoms with van der Waals surface area (Å²) < 4.78 is 0. The minimum atomic E-state index is -0.183. The van der Waals surface area contributed by atoms with Gasteiger partial charge in [-0.2, -0.15) is 0 Å². The zero-order valence-electron chi connectivity index (χ0n) is 38.1. The molecule has 5 aromatic carbocycles. The summed E-state index contributed by atoms with van der Waals surface area (Å²) in [4.78, 5) is 63.6. The molecule has 7 heteroatoms. The van der Waals surface area contributed by atoms with Crippen molar-refractivity contribution < 1.29 is 19.2 Å². The van der Waals surface area contributed by atoms with E-state index in [-0.39, 0.29) is 41.0 Å². The lowest BCUT2D eigenvalue weighted by molar-refractivity contribution is 0.0501. The second-order valence-electron chi connectivity index (χ2n) is 18.3. The monoisotopic (exact) mass is 843 g/mol. The summed E-state index contributed by atoms with van der Waals surface area (Å²) >= 11 is 1.78. The molecule has 4 amide bonds. The summed E-state index contributed by atoms with van der Waals surface area (Å²) in [6, 6.07) is 13.9. The molecule has 1 unspecified atom stereocenters. The molecule has 0 aliphatic carbocycles. The SMILES string of the molecule is CCCCCCC(CCCCCC)N1C(=O)c2ccc3c4ccc5c6c(cc(SC(C)CC)c(c7ccc(c2c37)C1=O)c64)C(=O)N(C(CCCCCC)CCCCCC)C5=O. The molecule has 2 aliphatic rings. The summed E-state index contributed by atoms with van der Waals surface area (Å²) in [7, 11) is 0. The normalized spacial score (nSPS) is 14.8. The Morgan fingerprint density at radius 3 is 1.21 bits per heavy atom. The van der Waals surface area contributed by atoms with E-state index in [4.69, 9.17) is 0 Å². The van der Waals surface area contributed by atoms with Gasteiger partial charge < -0.3 is 0 Å². The maximum Gasteiger partial charge on any atom is 0.261 e. The van der Waals surface area contributed by atoms with Crippen LogP contribution in [-0.4, -0.2) is 50.8 Å². The van der Waals surface area contributed by atoms with Crippen molar-refractivity contribution in [2.45, 2.75) is 199 Å². The molecule has 0 spiro atoms. The molecule has 0 aromatic heterocycles. The highest BCUT2D eigenvalue weighted by Crippen LogP contribution is 2.50. The standard InChI is InChI=1S/C54H70N2O4S/c1-7-12-16-20-24-36(25-21-17-13-8-2)55-51(57)41-31-28-38-39-29-32-43-48-44(54(60)56(53(43)59)37(26-22-18-14-9-3)27-23-19-15-10-4)34-45(61-35(6)11-5)49(50(39)48)40-30-33-42(52(55)58)47(41)46(38)40/h28-37H,7-27H2,1-6H3. The Morgan fingerprint density at radius 2 is 0.803 bits per heavy atom. The van der Waals surface area contributed by atoms with E-state index >= 15 is 4.79 Å². The third kappa shape index (κ3) is 8.71. The quantitative estimate of drug-likeness (QED) is 0.0192. The summed E-state index contributed by atoms with van der Waals surface area (Å²) in [5, 5.41) is 7.50. The molecular weight excluding hydrogens is 773 g/mol. The fourth-order valence-corrected chi connectivity index (χ4v) is 11.6. The van der Waals surface area contributed by atoms with Gasteiger partial charge >= 0.3 is 0 Å². The highest BCUT2D eigenvalue weighted by molar-refractivity contribution is 8.00. The first-order valence-corrected chi connectivity index (χ1v) is 25.3. The van der Waals surface area contributed by atoms with Crippen LogP contribution in [0.15, 0.2) is 47.4 Å². The average Bonchev–Trinajstić information content (AvgIpc) is 3.26. The maximum absolute atomic E-state index is 15.0. The van der Waals surface area contributed by atoms with Crippen molar-refractivity contribution in [1.29, 1.82) is 0 Å². The van der Waals surface area contributed by atoms with Crippen LogP contribution in [0.5, 0.6) is 0 Å². The number of fused-ring (bicyclic) bond motifs is 2. The lowest BCUT2D eigenvalue weighted by Crippen LogP contribution is -2.47. The molecule has 0 N–H and O–H groups in total. The van der Waals surface area contributed by atoms with Crippen molar-refractivity contribution in [2.75, 3.05) is 0 Å². The predicted molar refractivity (Wildman–Crippen MR) is 257 cm³/mol. The van der Waals surface area contributed by atoms with Gasteiger partial charge in [-0.3, -0.25) is 29.0 Å². The van der Waals surface area contributed by atoms with Crippen molar-refractivity contribution >= 4 is 78.5 Å². The fourth-order valence-electron chi connectivity index (χ4n) is 10.5. The summed E-state index contributed by atoms with van der Waals surface area (Å²) in [5.41, 5.74) is 2.41. The number of carbonyl (C=O) groups is 4. The average molecular weight is 843 g/mol. The molecule has 7 rings (SSSR count). The maximum atomic E-state index is 15.0. The first kappa shape index (κ1) is 45.1. The van der Waals surface area contributed by atoms with Crippen molar-refractivity contribution in [2.24, 2.45) is 0 Å². The largest absolute Gasteiger partial charge is 0.271 e. The number of nitrogens with zero attached hydrogens (tertiary/aromatic N) is 2. The van der Waals surface area contributed by atoms with Gasteiger partial charge in [-0.15, -0.1) is 11.8 Å². The van der Waals surface area contributed by atoms with E-state index in [1.165, 1.54) is 0 Å². The van der Waals surface area contributed by atoms with Gasteiger partial charge in [0.2, 0.25) is 0 Å². The number of rotatable bonds is 25. The minimum Gasteiger partial charge on any atom is -0.271 e. The molecule has 61 heavy (non-hydrogen) atoms. The van der Waals surface area contributed by atoms with E-state index < -0.39 is 0 Å². The Morgan fingerprint density at radius 1 is 0.426 bits per heavy atom. The molecule has 2 heterocycles. The van der Waals surface area contributed by atoms with Crippen molar-refractivity contribution in [3.8, 4) is 0 Å². The third-order valence-electron chi connectivity index (χ3n) is 14.0. The molecule has 0 saturated carbocycles. The number of benzene rings is 5. The number of hydrogen-bond donors (Lipinski definition) is 0. The minimum absolute atomic E-state index is 0.124. The van der Waals surface area contributed by atoms with Crippen LogP contribution >= 0.6 is 11.8 Å². The third-order valence-corrected chi connectivity index (χ3v) is 15.3.